The molecule has 4 heteroatoms. The highest BCUT2D eigenvalue weighted by Gasteiger charge is 2.46. The van der Waals surface area contributed by atoms with Crippen molar-refractivity contribution in [2.75, 3.05) is 12.3 Å². The van der Waals surface area contributed by atoms with Gasteiger partial charge >= 0.3 is 0 Å². The van der Waals surface area contributed by atoms with Crippen LogP contribution in [0.2, 0.25) is 0 Å². The molecule has 3 aliphatic rings. The van der Waals surface area contributed by atoms with Crippen LogP contribution >= 0.6 is 11.8 Å². The number of carbonyl (C=O) groups is 2. The number of carbonyl (C=O) groups excluding carboxylic acids is 2. The summed E-state index contributed by atoms with van der Waals surface area (Å²) in [4.78, 5) is 27.7. The van der Waals surface area contributed by atoms with Gasteiger partial charge in [-0.05, 0) is 24.5 Å². The smallest absolute Gasteiger partial charge is 0.180 e. The number of Topliss-reactive ketones (excluding diaryl/α,β-unsaturated/α-hetero) is 2. The zero-order chi connectivity index (χ0) is 15.4. The molecular weight excluding hydrogens is 294 g/mol. The highest BCUT2D eigenvalue weighted by atomic mass is 32.2. The van der Waals surface area contributed by atoms with Crippen molar-refractivity contribution in [1.82, 2.24) is 4.90 Å². The Balaban J connectivity index is 1.87. The first-order valence-corrected chi connectivity index (χ1v) is 8.92. The molecule has 4 rings (SSSR count). The molecule has 0 saturated carbocycles. The van der Waals surface area contributed by atoms with Gasteiger partial charge in [-0.2, -0.15) is 0 Å². The third-order valence-corrected chi connectivity index (χ3v) is 6.34. The Hall–Kier alpha value is -1.55. The standard InChI is InChI=1S/C18H19NO2S/c1-10-16-13-6-4-3-5-12(13)7-8-19(16)14-9-22-11(2)18(21)15(14)17(10)20/h3-6,10-11,16H,7-9H2,1-2H3/t10-,11?,16-/m1/s1. The molecule has 0 fully saturated rings. The molecule has 0 spiro atoms. The topological polar surface area (TPSA) is 37.4 Å². The fourth-order valence-corrected chi connectivity index (χ4v) is 4.99. The number of fused-ring (bicyclic) bond motifs is 4. The second-order valence-electron chi connectivity index (χ2n) is 6.38. The van der Waals surface area contributed by atoms with Crippen LogP contribution in [0.5, 0.6) is 0 Å². The molecule has 3 atom stereocenters. The average Bonchev–Trinajstić information content (AvgIpc) is 2.54. The zero-order valence-electron chi connectivity index (χ0n) is 12.8. The second kappa shape index (κ2) is 4.98. The van der Waals surface area contributed by atoms with Crippen molar-refractivity contribution in [2.45, 2.75) is 31.6 Å². The molecule has 3 nitrogen and oxygen atoms in total. The van der Waals surface area contributed by atoms with Crippen LogP contribution in [-0.4, -0.2) is 34.0 Å². The van der Waals surface area contributed by atoms with Crippen LogP contribution in [0.15, 0.2) is 35.5 Å². The van der Waals surface area contributed by atoms with E-state index in [1.807, 2.05) is 19.9 Å². The van der Waals surface area contributed by atoms with Crippen LogP contribution in [0.1, 0.15) is 31.0 Å². The van der Waals surface area contributed by atoms with Gasteiger partial charge in [0.05, 0.1) is 16.9 Å². The molecule has 0 saturated heterocycles. The lowest BCUT2D eigenvalue weighted by Gasteiger charge is -2.48. The molecule has 0 aliphatic carbocycles. The number of hydrogen-bond acceptors (Lipinski definition) is 4. The SMILES string of the molecule is CC1SCC2=C(C1=O)C(=O)[C@H](C)[C@@H]1c3ccccc3CCN21. The van der Waals surface area contributed by atoms with Crippen molar-refractivity contribution in [3.8, 4) is 0 Å². The van der Waals surface area contributed by atoms with Crippen molar-refractivity contribution < 1.29 is 9.59 Å². The van der Waals surface area contributed by atoms with Crippen molar-refractivity contribution in [3.63, 3.8) is 0 Å². The van der Waals surface area contributed by atoms with Gasteiger partial charge < -0.3 is 4.90 Å². The third kappa shape index (κ3) is 1.83. The largest absolute Gasteiger partial charge is 0.365 e. The van der Waals surface area contributed by atoms with Crippen LogP contribution in [0.3, 0.4) is 0 Å². The van der Waals surface area contributed by atoms with E-state index in [-0.39, 0.29) is 28.8 Å². The van der Waals surface area contributed by atoms with Gasteiger partial charge in [-0.3, -0.25) is 9.59 Å². The Kier molecular flexibility index (Phi) is 3.19. The molecule has 22 heavy (non-hydrogen) atoms. The Labute approximate surface area is 134 Å². The van der Waals surface area contributed by atoms with Crippen LogP contribution in [0.4, 0.5) is 0 Å². The Morgan fingerprint density at radius 2 is 1.91 bits per heavy atom. The van der Waals surface area contributed by atoms with E-state index >= 15 is 0 Å². The maximum absolute atomic E-state index is 12.9. The lowest BCUT2D eigenvalue weighted by Crippen LogP contribution is -2.49. The number of rotatable bonds is 0. The summed E-state index contributed by atoms with van der Waals surface area (Å²) >= 11 is 1.65. The van der Waals surface area contributed by atoms with Crippen LogP contribution in [0, 0.1) is 5.92 Å². The number of thioether (sulfide) groups is 1. The fourth-order valence-electron chi connectivity index (χ4n) is 4.00. The first-order chi connectivity index (χ1) is 10.6. The third-order valence-electron chi connectivity index (χ3n) is 5.19. The summed E-state index contributed by atoms with van der Waals surface area (Å²) in [5.41, 5.74) is 4.08. The summed E-state index contributed by atoms with van der Waals surface area (Å²) in [7, 11) is 0. The van der Waals surface area contributed by atoms with E-state index in [9.17, 15) is 9.59 Å². The molecule has 114 valence electrons. The molecular formula is C18H19NO2S. The quantitative estimate of drug-likeness (QED) is 0.690. The number of nitrogens with zero attached hydrogens (tertiary/aromatic N) is 1. The zero-order valence-corrected chi connectivity index (χ0v) is 13.7. The van der Waals surface area contributed by atoms with Gasteiger partial charge in [0.1, 0.15) is 0 Å². The maximum atomic E-state index is 12.9. The minimum absolute atomic E-state index is 0.0282. The summed E-state index contributed by atoms with van der Waals surface area (Å²) in [5, 5.41) is -0.0940. The van der Waals surface area contributed by atoms with Gasteiger partial charge in [0, 0.05) is 23.9 Å². The highest BCUT2D eigenvalue weighted by molar-refractivity contribution is 8.00. The normalized spacial score (nSPS) is 30.8. The summed E-state index contributed by atoms with van der Waals surface area (Å²) in [6, 6.07) is 8.51. The van der Waals surface area contributed by atoms with E-state index in [0.717, 1.165) is 24.4 Å². The first-order valence-electron chi connectivity index (χ1n) is 7.87. The lowest BCUT2D eigenvalue weighted by atomic mass is 9.77. The van der Waals surface area contributed by atoms with Gasteiger partial charge in [-0.25, -0.2) is 0 Å². The summed E-state index contributed by atoms with van der Waals surface area (Å²) < 4.78 is 0. The molecule has 1 aromatic carbocycles. The predicted octanol–water partition coefficient (Wildman–Crippen LogP) is 2.76. The fraction of sp³-hybridized carbons (Fsp3) is 0.444. The van der Waals surface area contributed by atoms with Crippen molar-refractivity contribution in [2.24, 2.45) is 5.92 Å². The lowest BCUT2D eigenvalue weighted by molar-refractivity contribution is -0.126. The summed E-state index contributed by atoms with van der Waals surface area (Å²) in [6.07, 6.45) is 0.985. The van der Waals surface area contributed by atoms with E-state index in [1.165, 1.54) is 11.1 Å². The van der Waals surface area contributed by atoms with Gasteiger partial charge in [0.15, 0.2) is 11.6 Å². The van der Waals surface area contributed by atoms with Crippen molar-refractivity contribution in [3.05, 3.63) is 46.7 Å². The minimum atomic E-state index is -0.153. The van der Waals surface area contributed by atoms with Crippen LogP contribution in [0.25, 0.3) is 0 Å². The minimum Gasteiger partial charge on any atom is -0.365 e. The highest BCUT2D eigenvalue weighted by Crippen LogP contribution is 2.46. The average molecular weight is 313 g/mol. The second-order valence-corrected chi connectivity index (χ2v) is 7.71. The van der Waals surface area contributed by atoms with E-state index in [4.69, 9.17) is 0 Å². The van der Waals surface area contributed by atoms with Crippen molar-refractivity contribution >= 4 is 23.3 Å². The van der Waals surface area contributed by atoms with Gasteiger partial charge in [-0.1, -0.05) is 31.2 Å². The summed E-state index contributed by atoms with van der Waals surface area (Å²) in [6.45, 7) is 4.79. The number of allylic oxidation sites excluding steroid dienone is 1. The molecule has 0 bridgehead atoms. The van der Waals surface area contributed by atoms with E-state index in [1.54, 1.807) is 11.8 Å². The molecule has 3 aliphatic heterocycles. The van der Waals surface area contributed by atoms with Gasteiger partial charge in [-0.15, -0.1) is 11.8 Å². The Morgan fingerprint density at radius 1 is 1.14 bits per heavy atom. The monoisotopic (exact) mass is 313 g/mol. The van der Waals surface area contributed by atoms with Crippen molar-refractivity contribution in [1.29, 1.82) is 0 Å². The number of ketones is 2. The Bertz CT molecular complexity index is 709. The summed E-state index contributed by atoms with van der Waals surface area (Å²) in [5.74, 6) is 0.698. The molecule has 0 aromatic heterocycles. The first kappa shape index (κ1) is 14.1. The van der Waals surface area contributed by atoms with E-state index < -0.39 is 0 Å². The Morgan fingerprint density at radius 3 is 2.73 bits per heavy atom. The predicted molar refractivity (Wildman–Crippen MR) is 87.7 cm³/mol. The molecule has 0 radical (unpaired) electrons. The number of hydrogen-bond donors (Lipinski definition) is 0. The van der Waals surface area contributed by atoms with Gasteiger partial charge in [0.25, 0.3) is 0 Å². The van der Waals surface area contributed by atoms with Crippen LogP contribution in [-0.2, 0) is 16.0 Å². The van der Waals surface area contributed by atoms with E-state index in [0.29, 0.717) is 5.57 Å². The van der Waals surface area contributed by atoms with Gasteiger partial charge in [0.2, 0.25) is 0 Å². The van der Waals surface area contributed by atoms with E-state index in [2.05, 4.69) is 23.1 Å². The molecule has 0 N–H and O–H groups in total. The maximum Gasteiger partial charge on any atom is 0.180 e. The molecule has 0 amide bonds. The molecule has 1 aromatic rings. The number of benzene rings is 1. The molecule has 1 unspecified atom stereocenters. The molecule has 3 heterocycles. The van der Waals surface area contributed by atoms with Crippen LogP contribution < -0.4 is 0 Å².